The number of nitrogens with zero attached hydrogens (tertiary/aromatic N) is 1. The number of methoxy groups -OCH3 is 1. The first-order valence-corrected chi connectivity index (χ1v) is 10.6. The smallest absolute Gasteiger partial charge is 0.119 e. The summed E-state index contributed by atoms with van der Waals surface area (Å²) >= 11 is 0. The molecule has 0 amide bonds. The van der Waals surface area contributed by atoms with E-state index in [0.717, 1.165) is 11.7 Å². The molecule has 2 aliphatic rings. The molecule has 0 bridgehead atoms. The van der Waals surface area contributed by atoms with Gasteiger partial charge in [-0.05, 0) is 81.3 Å². The van der Waals surface area contributed by atoms with Crippen molar-refractivity contribution in [2.75, 3.05) is 20.2 Å². The maximum Gasteiger partial charge on any atom is 0.119 e. The van der Waals surface area contributed by atoms with E-state index in [1.807, 2.05) is 0 Å². The normalized spacial score (nSPS) is 29.1. The SMILES string of the molecule is CCCCCCN1CCC2(CC)c3cc(OC)ccc3CCC2C1C. The summed E-state index contributed by atoms with van der Waals surface area (Å²) in [4.78, 5) is 2.79. The Balaban J connectivity index is 1.81. The molecule has 0 spiro atoms. The minimum Gasteiger partial charge on any atom is -0.497 e. The molecule has 1 aromatic carbocycles. The van der Waals surface area contributed by atoms with Gasteiger partial charge >= 0.3 is 0 Å². The quantitative estimate of drug-likeness (QED) is 0.599. The monoisotopic (exact) mass is 343 g/mol. The molecule has 1 aromatic rings. The molecule has 25 heavy (non-hydrogen) atoms. The summed E-state index contributed by atoms with van der Waals surface area (Å²) in [5.41, 5.74) is 3.53. The molecular formula is C23H37NO. The summed E-state index contributed by atoms with van der Waals surface area (Å²) in [6, 6.07) is 7.53. The van der Waals surface area contributed by atoms with Crippen LogP contribution in [0.15, 0.2) is 18.2 Å². The van der Waals surface area contributed by atoms with Gasteiger partial charge in [0.25, 0.3) is 0 Å². The van der Waals surface area contributed by atoms with Crippen molar-refractivity contribution in [3.05, 3.63) is 29.3 Å². The van der Waals surface area contributed by atoms with E-state index in [2.05, 4.69) is 43.9 Å². The van der Waals surface area contributed by atoms with Crippen LogP contribution in [-0.2, 0) is 11.8 Å². The standard InChI is InChI=1S/C23H37NO/c1-5-7-8-9-15-24-16-14-23(6-2)21(18(24)3)13-11-19-10-12-20(25-4)17-22(19)23/h10,12,17-18,21H,5-9,11,13-16H2,1-4H3. The van der Waals surface area contributed by atoms with Crippen LogP contribution >= 0.6 is 0 Å². The fraction of sp³-hybridized carbons (Fsp3) is 0.739. The van der Waals surface area contributed by atoms with E-state index < -0.39 is 0 Å². The largest absolute Gasteiger partial charge is 0.497 e. The Hall–Kier alpha value is -1.02. The molecular weight excluding hydrogens is 306 g/mol. The van der Waals surface area contributed by atoms with Crippen LogP contribution in [-0.4, -0.2) is 31.1 Å². The van der Waals surface area contributed by atoms with Crippen LogP contribution in [0.2, 0.25) is 0 Å². The second-order valence-corrected chi connectivity index (χ2v) is 8.27. The number of ether oxygens (including phenoxy) is 1. The minimum absolute atomic E-state index is 0.363. The van der Waals surface area contributed by atoms with Crippen molar-refractivity contribution in [1.82, 2.24) is 4.90 Å². The van der Waals surface area contributed by atoms with E-state index in [9.17, 15) is 0 Å². The summed E-state index contributed by atoms with van der Waals surface area (Å²) in [5, 5.41) is 0. The summed E-state index contributed by atoms with van der Waals surface area (Å²) in [7, 11) is 1.79. The summed E-state index contributed by atoms with van der Waals surface area (Å²) in [6.07, 6.45) is 10.6. The van der Waals surface area contributed by atoms with Gasteiger partial charge in [-0.3, -0.25) is 0 Å². The number of rotatable bonds is 7. The lowest BCUT2D eigenvalue weighted by molar-refractivity contribution is 0.0204. The number of likely N-dealkylation sites (tertiary alicyclic amines) is 1. The van der Waals surface area contributed by atoms with Crippen LogP contribution in [0, 0.1) is 5.92 Å². The molecule has 3 unspecified atom stereocenters. The van der Waals surface area contributed by atoms with Gasteiger partial charge in [0.15, 0.2) is 0 Å². The molecule has 1 saturated heterocycles. The Morgan fingerprint density at radius 2 is 2.04 bits per heavy atom. The second-order valence-electron chi connectivity index (χ2n) is 8.27. The summed E-state index contributed by atoms with van der Waals surface area (Å²) in [5.74, 6) is 1.82. The Morgan fingerprint density at radius 1 is 1.20 bits per heavy atom. The number of aryl methyl sites for hydroxylation is 1. The first-order chi connectivity index (χ1) is 12.2. The lowest BCUT2D eigenvalue weighted by atomic mass is 9.56. The van der Waals surface area contributed by atoms with Gasteiger partial charge in [-0.25, -0.2) is 0 Å². The third-order valence-corrected chi connectivity index (χ3v) is 7.22. The van der Waals surface area contributed by atoms with Gasteiger partial charge in [-0.1, -0.05) is 39.2 Å². The van der Waals surface area contributed by atoms with Crippen molar-refractivity contribution in [1.29, 1.82) is 0 Å². The molecule has 2 heteroatoms. The van der Waals surface area contributed by atoms with Gasteiger partial charge < -0.3 is 9.64 Å². The zero-order chi connectivity index (χ0) is 17.9. The molecule has 0 radical (unpaired) electrons. The van der Waals surface area contributed by atoms with Crippen LogP contribution < -0.4 is 4.74 Å². The predicted molar refractivity (Wildman–Crippen MR) is 107 cm³/mol. The van der Waals surface area contributed by atoms with E-state index in [1.54, 1.807) is 18.2 Å². The number of piperidine rings is 1. The molecule has 1 fully saturated rings. The summed E-state index contributed by atoms with van der Waals surface area (Å²) < 4.78 is 5.56. The molecule has 1 aliphatic heterocycles. The van der Waals surface area contributed by atoms with Crippen LogP contribution in [0.5, 0.6) is 5.75 Å². The molecule has 0 N–H and O–H groups in total. The van der Waals surface area contributed by atoms with Crippen molar-refractivity contribution in [2.24, 2.45) is 5.92 Å². The maximum atomic E-state index is 5.56. The Kier molecular flexibility index (Phi) is 6.09. The Morgan fingerprint density at radius 3 is 2.76 bits per heavy atom. The van der Waals surface area contributed by atoms with E-state index in [0.29, 0.717) is 11.5 Å². The Labute approximate surface area is 154 Å². The number of hydrogen-bond acceptors (Lipinski definition) is 2. The highest BCUT2D eigenvalue weighted by Gasteiger charge is 2.49. The summed E-state index contributed by atoms with van der Waals surface area (Å²) in [6.45, 7) is 9.76. The highest BCUT2D eigenvalue weighted by Crippen LogP contribution is 2.52. The highest BCUT2D eigenvalue weighted by atomic mass is 16.5. The Bertz CT molecular complexity index is 569. The van der Waals surface area contributed by atoms with Crippen molar-refractivity contribution in [2.45, 2.75) is 83.6 Å². The second kappa shape index (κ2) is 8.12. The van der Waals surface area contributed by atoms with Gasteiger partial charge in [0.1, 0.15) is 5.75 Å². The van der Waals surface area contributed by atoms with Crippen LogP contribution in [0.25, 0.3) is 0 Å². The first kappa shape index (κ1) is 18.8. The molecule has 3 atom stereocenters. The number of hydrogen-bond donors (Lipinski definition) is 0. The molecule has 0 saturated carbocycles. The molecule has 3 rings (SSSR count). The molecule has 2 nitrogen and oxygen atoms in total. The first-order valence-electron chi connectivity index (χ1n) is 10.6. The zero-order valence-electron chi connectivity index (χ0n) is 16.8. The predicted octanol–water partition coefficient (Wildman–Crippen LogP) is 5.58. The molecule has 1 aliphatic carbocycles. The maximum absolute atomic E-state index is 5.56. The lowest BCUT2D eigenvalue weighted by Crippen LogP contribution is -2.56. The van der Waals surface area contributed by atoms with Crippen molar-refractivity contribution in [3.8, 4) is 5.75 Å². The highest BCUT2D eigenvalue weighted by molar-refractivity contribution is 5.44. The van der Waals surface area contributed by atoms with E-state index in [-0.39, 0.29) is 0 Å². The number of unbranched alkanes of at least 4 members (excludes halogenated alkanes) is 3. The van der Waals surface area contributed by atoms with Crippen molar-refractivity contribution in [3.63, 3.8) is 0 Å². The van der Waals surface area contributed by atoms with Crippen molar-refractivity contribution < 1.29 is 4.74 Å². The van der Waals surface area contributed by atoms with Gasteiger partial charge in [0.2, 0.25) is 0 Å². The minimum atomic E-state index is 0.363. The van der Waals surface area contributed by atoms with E-state index >= 15 is 0 Å². The van der Waals surface area contributed by atoms with Crippen molar-refractivity contribution >= 4 is 0 Å². The fourth-order valence-corrected chi connectivity index (χ4v) is 5.66. The number of fused-ring (bicyclic) bond motifs is 3. The van der Waals surface area contributed by atoms with Gasteiger partial charge in [0, 0.05) is 11.5 Å². The van der Waals surface area contributed by atoms with Gasteiger partial charge in [-0.2, -0.15) is 0 Å². The molecule has 1 heterocycles. The van der Waals surface area contributed by atoms with E-state index in [1.165, 1.54) is 64.5 Å². The third-order valence-electron chi connectivity index (χ3n) is 7.22. The fourth-order valence-electron chi connectivity index (χ4n) is 5.66. The van der Waals surface area contributed by atoms with Gasteiger partial charge in [0.05, 0.1) is 7.11 Å². The van der Waals surface area contributed by atoms with Crippen LogP contribution in [0.1, 0.15) is 76.8 Å². The third kappa shape index (κ3) is 3.47. The van der Waals surface area contributed by atoms with E-state index in [4.69, 9.17) is 4.74 Å². The topological polar surface area (TPSA) is 12.5 Å². The van der Waals surface area contributed by atoms with Crippen LogP contribution in [0.3, 0.4) is 0 Å². The molecule has 0 aromatic heterocycles. The average Bonchev–Trinajstić information content (AvgIpc) is 2.66. The molecule has 140 valence electrons. The lowest BCUT2D eigenvalue weighted by Gasteiger charge is -2.55. The number of benzene rings is 1. The van der Waals surface area contributed by atoms with Gasteiger partial charge in [-0.15, -0.1) is 0 Å². The average molecular weight is 344 g/mol. The zero-order valence-corrected chi connectivity index (χ0v) is 16.8. The van der Waals surface area contributed by atoms with Crippen LogP contribution in [0.4, 0.5) is 0 Å².